The third kappa shape index (κ3) is 5.59. The van der Waals surface area contributed by atoms with Crippen molar-refractivity contribution in [3.8, 4) is 0 Å². The topological polar surface area (TPSA) is 85.4 Å². The first-order valence-corrected chi connectivity index (χ1v) is 12.4. The van der Waals surface area contributed by atoms with Crippen LogP contribution in [0.15, 0.2) is 71.8 Å². The standard InChI is InChI=1S/C22H24N2O4S2/c1-16(18-14-17-8-6-7-11-20(17)23-15-18)28-22(25)21(12-13-29-2)24-30(26,27)19-9-4-3-5-10-19/h3-11,14-16,21,24H,12-13H2,1-2H3. The Bertz CT molecular complexity index is 1100. The van der Waals surface area contributed by atoms with Gasteiger partial charge in [-0.2, -0.15) is 16.5 Å². The Kier molecular flexibility index (Phi) is 7.47. The highest BCUT2D eigenvalue weighted by molar-refractivity contribution is 7.98. The minimum absolute atomic E-state index is 0.110. The van der Waals surface area contributed by atoms with E-state index in [1.54, 1.807) is 31.3 Å². The lowest BCUT2D eigenvalue weighted by Crippen LogP contribution is -2.42. The van der Waals surface area contributed by atoms with Crippen molar-refractivity contribution in [2.45, 2.75) is 30.4 Å². The van der Waals surface area contributed by atoms with Gasteiger partial charge in [0.2, 0.25) is 10.0 Å². The number of ether oxygens (including phenoxy) is 1. The van der Waals surface area contributed by atoms with Gasteiger partial charge in [-0.25, -0.2) is 8.42 Å². The first-order chi connectivity index (χ1) is 14.4. The van der Waals surface area contributed by atoms with Gasteiger partial charge in [0.05, 0.1) is 10.4 Å². The van der Waals surface area contributed by atoms with Crippen molar-refractivity contribution >= 4 is 38.7 Å². The van der Waals surface area contributed by atoms with Gasteiger partial charge in [-0.1, -0.05) is 36.4 Å². The predicted molar refractivity (Wildman–Crippen MR) is 120 cm³/mol. The molecule has 30 heavy (non-hydrogen) atoms. The van der Waals surface area contributed by atoms with E-state index in [1.165, 1.54) is 23.9 Å². The normalized spacial score (nSPS) is 13.7. The number of esters is 1. The van der Waals surface area contributed by atoms with Crippen molar-refractivity contribution in [2.75, 3.05) is 12.0 Å². The number of thioether (sulfide) groups is 1. The fraction of sp³-hybridized carbons (Fsp3) is 0.273. The third-order valence-electron chi connectivity index (χ3n) is 4.62. The number of benzene rings is 2. The molecule has 1 aromatic heterocycles. The van der Waals surface area contributed by atoms with Crippen LogP contribution in [0.4, 0.5) is 0 Å². The first-order valence-electron chi connectivity index (χ1n) is 9.52. The molecule has 3 rings (SSSR count). The van der Waals surface area contributed by atoms with Gasteiger partial charge in [0, 0.05) is 17.1 Å². The fourth-order valence-electron chi connectivity index (χ4n) is 2.95. The molecule has 0 fully saturated rings. The lowest BCUT2D eigenvalue weighted by molar-refractivity contribution is -0.150. The van der Waals surface area contributed by atoms with E-state index in [4.69, 9.17) is 4.74 Å². The van der Waals surface area contributed by atoms with Gasteiger partial charge in [-0.3, -0.25) is 9.78 Å². The number of hydrogen-bond donors (Lipinski definition) is 1. The molecular formula is C22H24N2O4S2. The van der Waals surface area contributed by atoms with Crippen LogP contribution in [-0.2, 0) is 19.6 Å². The molecule has 0 saturated heterocycles. The van der Waals surface area contributed by atoms with Gasteiger partial charge in [0.25, 0.3) is 0 Å². The Hall–Kier alpha value is -2.42. The maximum Gasteiger partial charge on any atom is 0.324 e. The summed E-state index contributed by atoms with van der Waals surface area (Å²) < 4.78 is 33.5. The predicted octanol–water partition coefficient (Wildman–Crippen LogP) is 3.94. The Morgan fingerprint density at radius 1 is 1.13 bits per heavy atom. The van der Waals surface area contributed by atoms with Gasteiger partial charge in [0.15, 0.2) is 0 Å². The van der Waals surface area contributed by atoms with Crippen molar-refractivity contribution < 1.29 is 17.9 Å². The van der Waals surface area contributed by atoms with E-state index in [0.29, 0.717) is 12.2 Å². The summed E-state index contributed by atoms with van der Waals surface area (Å²) in [4.78, 5) is 17.3. The molecule has 2 unspecified atom stereocenters. The highest BCUT2D eigenvalue weighted by Gasteiger charge is 2.28. The molecule has 0 aliphatic rings. The lowest BCUT2D eigenvalue weighted by atomic mass is 10.1. The van der Waals surface area contributed by atoms with Gasteiger partial charge in [0.1, 0.15) is 12.1 Å². The van der Waals surface area contributed by atoms with Crippen LogP contribution in [0.2, 0.25) is 0 Å². The maximum absolute atomic E-state index is 12.8. The molecule has 3 aromatic rings. The van der Waals surface area contributed by atoms with Crippen LogP contribution >= 0.6 is 11.8 Å². The molecule has 0 aliphatic carbocycles. The quantitative estimate of drug-likeness (QED) is 0.503. The van der Waals surface area contributed by atoms with Gasteiger partial charge in [-0.05, 0) is 49.6 Å². The zero-order valence-corrected chi connectivity index (χ0v) is 18.4. The number of carbonyl (C=O) groups excluding carboxylic acids is 1. The van der Waals surface area contributed by atoms with Crippen LogP contribution in [-0.4, -0.2) is 37.4 Å². The van der Waals surface area contributed by atoms with E-state index in [-0.39, 0.29) is 4.90 Å². The number of sulfonamides is 1. The highest BCUT2D eigenvalue weighted by atomic mass is 32.2. The van der Waals surface area contributed by atoms with Gasteiger partial charge < -0.3 is 4.74 Å². The van der Waals surface area contributed by atoms with Crippen molar-refractivity contribution in [2.24, 2.45) is 0 Å². The van der Waals surface area contributed by atoms with Crippen LogP contribution in [0.5, 0.6) is 0 Å². The Morgan fingerprint density at radius 3 is 2.57 bits per heavy atom. The summed E-state index contributed by atoms with van der Waals surface area (Å²) in [5.74, 6) is 0.00687. The Morgan fingerprint density at radius 2 is 1.83 bits per heavy atom. The second-order valence-electron chi connectivity index (χ2n) is 6.81. The zero-order valence-electron chi connectivity index (χ0n) is 16.8. The molecule has 6 nitrogen and oxygen atoms in total. The molecule has 0 amide bonds. The summed E-state index contributed by atoms with van der Waals surface area (Å²) in [6.45, 7) is 1.75. The molecule has 0 spiro atoms. The number of para-hydroxylation sites is 1. The lowest BCUT2D eigenvalue weighted by Gasteiger charge is -2.21. The first kappa shape index (κ1) is 22.3. The minimum Gasteiger partial charge on any atom is -0.457 e. The van der Waals surface area contributed by atoms with E-state index < -0.39 is 28.1 Å². The van der Waals surface area contributed by atoms with Gasteiger partial charge >= 0.3 is 5.97 Å². The molecule has 0 saturated carbocycles. The SMILES string of the molecule is CSCCC(NS(=O)(=O)c1ccccc1)C(=O)OC(C)c1cnc2ccccc2c1. The Labute approximate surface area is 181 Å². The number of pyridine rings is 1. The second-order valence-corrected chi connectivity index (χ2v) is 9.51. The summed E-state index contributed by atoms with van der Waals surface area (Å²) in [5, 5.41) is 0.946. The number of aromatic nitrogens is 1. The molecule has 8 heteroatoms. The summed E-state index contributed by atoms with van der Waals surface area (Å²) in [6, 6.07) is 16.6. The average Bonchev–Trinajstić information content (AvgIpc) is 2.76. The number of nitrogens with zero attached hydrogens (tertiary/aromatic N) is 1. The highest BCUT2D eigenvalue weighted by Crippen LogP contribution is 2.22. The van der Waals surface area contributed by atoms with Crippen LogP contribution in [0, 0.1) is 0 Å². The number of fused-ring (bicyclic) bond motifs is 1. The number of hydrogen-bond acceptors (Lipinski definition) is 6. The molecule has 2 atom stereocenters. The Balaban J connectivity index is 1.75. The molecule has 158 valence electrons. The van der Waals surface area contributed by atoms with Crippen LogP contribution in [0.25, 0.3) is 10.9 Å². The minimum atomic E-state index is -3.84. The van der Waals surface area contributed by atoms with Gasteiger partial charge in [-0.15, -0.1) is 0 Å². The van der Waals surface area contributed by atoms with Crippen LogP contribution in [0.3, 0.4) is 0 Å². The number of carbonyl (C=O) groups is 1. The van der Waals surface area contributed by atoms with E-state index >= 15 is 0 Å². The zero-order chi connectivity index (χ0) is 21.6. The number of rotatable bonds is 9. The molecule has 0 radical (unpaired) electrons. The average molecular weight is 445 g/mol. The van der Waals surface area contributed by atoms with Crippen LogP contribution in [0.1, 0.15) is 25.0 Å². The van der Waals surface area contributed by atoms with Crippen molar-refractivity contribution in [3.63, 3.8) is 0 Å². The fourth-order valence-corrected chi connectivity index (χ4v) is 4.66. The molecule has 1 heterocycles. The summed E-state index contributed by atoms with van der Waals surface area (Å²) in [5.41, 5.74) is 1.60. The maximum atomic E-state index is 12.8. The second kappa shape index (κ2) is 10.1. The largest absolute Gasteiger partial charge is 0.457 e. The van der Waals surface area contributed by atoms with Crippen molar-refractivity contribution in [1.82, 2.24) is 9.71 Å². The molecule has 2 aromatic carbocycles. The van der Waals surface area contributed by atoms with E-state index in [0.717, 1.165) is 16.5 Å². The summed E-state index contributed by atoms with van der Waals surface area (Å²) in [6.07, 6.45) is 3.34. The molecular weight excluding hydrogens is 420 g/mol. The molecule has 1 N–H and O–H groups in total. The summed E-state index contributed by atoms with van der Waals surface area (Å²) >= 11 is 1.53. The smallest absolute Gasteiger partial charge is 0.324 e. The monoisotopic (exact) mass is 444 g/mol. The van der Waals surface area contributed by atoms with E-state index in [1.807, 2.05) is 36.6 Å². The summed E-state index contributed by atoms with van der Waals surface area (Å²) in [7, 11) is -3.84. The van der Waals surface area contributed by atoms with E-state index in [2.05, 4.69) is 9.71 Å². The van der Waals surface area contributed by atoms with Crippen LogP contribution < -0.4 is 4.72 Å². The molecule has 0 bridgehead atoms. The van der Waals surface area contributed by atoms with Crippen molar-refractivity contribution in [3.05, 3.63) is 72.4 Å². The third-order valence-corrected chi connectivity index (χ3v) is 6.75. The number of nitrogens with one attached hydrogen (secondary N) is 1. The molecule has 0 aliphatic heterocycles. The van der Waals surface area contributed by atoms with E-state index in [9.17, 15) is 13.2 Å². The van der Waals surface area contributed by atoms with Crippen molar-refractivity contribution in [1.29, 1.82) is 0 Å².